The monoisotopic (exact) mass is 1030 g/mol. The van der Waals surface area contributed by atoms with Gasteiger partial charge < -0.3 is 14.2 Å². The van der Waals surface area contributed by atoms with Crippen molar-refractivity contribution in [3.05, 3.63) is 85.1 Å². The number of esters is 2. The first-order valence-corrected chi connectivity index (χ1v) is 32.1. The van der Waals surface area contributed by atoms with Gasteiger partial charge in [0.05, 0.1) is 6.61 Å². The highest BCUT2D eigenvalue weighted by Crippen LogP contribution is 2.17. The molecule has 5 heteroatoms. The maximum Gasteiger partial charge on any atom is 0.306 e. The third-order valence-corrected chi connectivity index (χ3v) is 13.9. The van der Waals surface area contributed by atoms with Gasteiger partial charge in [-0.25, -0.2) is 0 Å². The lowest BCUT2D eigenvalue weighted by atomic mass is 10.0. The van der Waals surface area contributed by atoms with Crippen molar-refractivity contribution in [3.63, 3.8) is 0 Å². The molecule has 0 heterocycles. The van der Waals surface area contributed by atoms with E-state index in [1.165, 1.54) is 193 Å². The quantitative estimate of drug-likeness (QED) is 0.0345. The van der Waals surface area contributed by atoms with E-state index in [1.54, 1.807) is 0 Å². The number of carbonyl (C=O) groups is 2. The Bertz CT molecular complexity index is 1350. The Balaban J connectivity index is 4.32. The summed E-state index contributed by atoms with van der Waals surface area (Å²) in [7, 11) is 0. The summed E-state index contributed by atoms with van der Waals surface area (Å²) < 4.78 is 17.5. The van der Waals surface area contributed by atoms with Crippen LogP contribution in [-0.2, 0) is 23.8 Å². The van der Waals surface area contributed by atoms with Crippen LogP contribution >= 0.6 is 0 Å². The number of unbranched alkanes of at least 4 members (excludes halogenated alkanes) is 34. The van der Waals surface area contributed by atoms with Gasteiger partial charge in [-0.15, -0.1) is 0 Å². The molecule has 0 rings (SSSR count). The third kappa shape index (κ3) is 61.6. The zero-order chi connectivity index (χ0) is 53.4. The van der Waals surface area contributed by atoms with Crippen LogP contribution in [0.1, 0.15) is 316 Å². The molecule has 428 valence electrons. The molecule has 0 aromatic heterocycles. The second-order valence-corrected chi connectivity index (χ2v) is 21.3. The molecule has 74 heavy (non-hydrogen) atoms. The highest BCUT2D eigenvalue weighted by molar-refractivity contribution is 5.70. The summed E-state index contributed by atoms with van der Waals surface area (Å²) in [5, 5.41) is 0. The van der Waals surface area contributed by atoms with Gasteiger partial charge in [-0.2, -0.15) is 0 Å². The van der Waals surface area contributed by atoms with Gasteiger partial charge in [0.1, 0.15) is 6.61 Å². The van der Waals surface area contributed by atoms with Crippen LogP contribution in [0.3, 0.4) is 0 Å². The van der Waals surface area contributed by atoms with Gasteiger partial charge in [0.2, 0.25) is 0 Å². The molecule has 0 aromatic rings. The molecule has 1 unspecified atom stereocenters. The molecule has 0 saturated carbocycles. The van der Waals surface area contributed by atoms with Crippen molar-refractivity contribution in [2.24, 2.45) is 0 Å². The minimum absolute atomic E-state index is 0.0668. The Kier molecular flexibility index (Phi) is 61.8. The van der Waals surface area contributed by atoms with Crippen LogP contribution in [0.5, 0.6) is 0 Å². The fourth-order valence-electron chi connectivity index (χ4n) is 9.16. The third-order valence-electron chi connectivity index (χ3n) is 13.9. The average Bonchev–Trinajstić information content (AvgIpc) is 3.40. The number of hydrogen-bond donors (Lipinski definition) is 0. The minimum Gasteiger partial charge on any atom is -0.462 e. The summed E-state index contributed by atoms with van der Waals surface area (Å²) in [6.45, 7) is 7.70. The summed E-state index contributed by atoms with van der Waals surface area (Å²) in [6, 6.07) is 0. The van der Waals surface area contributed by atoms with Gasteiger partial charge in [0.25, 0.3) is 0 Å². The van der Waals surface area contributed by atoms with E-state index in [-0.39, 0.29) is 25.2 Å². The second-order valence-electron chi connectivity index (χ2n) is 21.3. The Labute approximate surface area is 460 Å². The lowest BCUT2D eigenvalue weighted by molar-refractivity contribution is -0.163. The normalized spacial score (nSPS) is 12.7. The molecule has 0 spiro atoms. The van der Waals surface area contributed by atoms with E-state index in [9.17, 15) is 9.59 Å². The van der Waals surface area contributed by atoms with E-state index >= 15 is 0 Å². The molecule has 0 fully saturated rings. The lowest BCUT2D eigenvalue weighted by Crippen LogP contribution is -2.30. The molecular weight excluding hydrogens is 909 g/mol. The maximum atomic E-state index is 12.9. The fourth-order valence-corrected chi connectivity index (χ4v) is 9.16. The van der Waals surface area contributed by atoms with Crippen LogP contribution in [-0.4, -0.2) is 37.9 Å². The van der Waals surface area contributed by atoms with E-state index in [0.717, 1.165) is 89.9 Å². The molecule has 0 amide bonds. The molecule has 0 aliphatic heterocycles. The minimum atomic E-state index is -0.555. The Morgan fingerprint density at radius 3 is 1.01 bits per heavy atom. The maximum absolute atomic E-state index is 12.9. The van der Waals surface area contributed by atoms with Crippen molar-refractivity contribution in [1.82, 2.24) is 0 Å². The van der Waals surface area contributed by atoms with E-state index in [1.807, 2.05) is 0 Å². The second kappa shape index (κ2) is 64.4. The van der Waals surface area contributed by atoms with Crippen LogP contribution in [0, 0.1) is 0 Å². The standard InChI is InChI=1S/C69H122O5/c1-4-7-10-13-16-19-22-25-28-31-34-37-40-43-46-49-52-55-58-61-64-72-65-67(74-69(71)63-60-57-54-51-48-45-42-39-36-33-30-27-24-21-18-15-12-9-6-3)66-73-68(70)62-59-56-53-50-47-44-41-38-35-32-29-26-23-20-17-14-11-8-5-2/h8,11,16-17,19-20,25-26,28-29,35,38,44,47,67H,4-7,9-10,12-15,18,21-24,27,30-34,36-37,39-43,45-46,48-66H2,1-3H3/b11-8-,19-16-,20-17-,28-25-,29-26-,38-35-,47-44-. The van der Waals surface area contributed by atoms with Crippen molar-refractivity contribution in [1.29, 1.82) is 0 Å². The summed E-state index contributed by atoms with van der Waals surface area (Å²) in [5.74, 6) is -0.422. The molecular formula is C69H122O5. The number of carbonyl (C=O) groups excluding carboxylic acids is 2. The first kappa shape index (κ1) is 71.1. The van der Waals surface area contributed by atoms with Crippen molar-refractivity contribution >= 4 is 11.9 Å². The molecule has 0 saturated heterocycles. The predicted molar refractivity (Wildman–Crippen MR) is 325 cm³/mol. The van der Waals surface area contributed by atoms with Crippen molar-refractivity contribution in [3.8, 4) is 0 Å². The van der Waals surface area contributed by atoms with Crippen molar-refractivity contribution in [2.75, 3.05) is 19.8 Å². The summed E-state index contributed by atoms with van der Waals surface area (Å²) in [6.07, 6.45) is 86.2. The molecule has 0 radical (unpaired) electrons. The summed E-state index contributed by atoms with van der Waals surface area (Å²) in [5.41, 5.74) is 0. The average molecular weight is 1030 g/mol. The lowest BCUT2D eigenvalue weighted by Gasteiger charge is -2.18. The zero-order valence-electron chi connectivity index (χ0n) is 49.3. The number of allylic oxidation sites excluding steroid dienone is 14. The van der Waals surface area contributed by atoms with Crippen LogP contribution in [0.25, 0.3) is 0 Å². The van der Waals surface area contributed by atoms with Gasteiger partial charge in [0, 0.05) is 19.4 Å². The van der Waals surface area contributed by atoms with E-state index < -0.39 is 6.10 Å². The van der Waals surface area contributed by atoms with Crippen LogP contribution in [0.2, 0.25) is 0 Å². The summed E-state index contributed by atoms with van der Waals surface area (Å²) in [4.78, 5) is 25.6. The summed E-state index contributed by atoms with van der Waals surface area (Å²) >= 11 is 0. The smallest absolute Gasteiger partial charge is 0.306 e. The zero-order valence-corrected chi connectivity index (χ0v) is 49.3. The SMILES string of the molecule is CC/C=C\C/C=C\C/C=C\C/C=C\C/C=C\CCCCCC(=O)OCC(COCCCCCCCCCCCC/C=C\C/C=C\CCCCC)OC(=O)CCCCCCCCCCCCCCCCCCCCC. The molecule has 0 aliphatic carbocycles. The molecule has 1 atom stereocenters. The number of ether oxygens (including phenoxy) is 3. The fraction of sp³-hybridized carbons (Fsp3) is 0.768. The molecule has 0 aromatic carbocycles. The number of rotatable bonds is 59. The van der Waals surface area contributed by atoms with Crippen molar-refractivity contribution in [2.45, 2.75) is 322 Å². The molecule has 0 aliphatic rings. The van der Waals surface area contributed by atoms with Gasteiger partial charge in [0.15, 0.2) is 6.10 Å². The van der Waals surface area contributed by atoms with Crippen LogP contribution < -0.4 is 0 Å². The number of hydrogen-bond acceptors (Lipinski definition) is 5. The van der Waals surface area contributed by atoms with Gasteiger partial charge in [-0.1, -0.05) is 292 Å². The van der Waals surface area contributed by atoms with Crippen molar-refractivity contribution < 1.29 is 23.8 Å². The molecule has 0 bridgehead atoms. The largest absolute Gasteiger partial charge is 0.462 e. The first-order chi connectivity index (χ1) is 36.6. The topological polar surface area (TPSA) is 61.8 Å². The van der Waals surface area contributed by atoms with Gasteiger partial charge >= 0.3 is 11.9 Å². The van der Waals surface area contributed by atoms with Crippen LogP contribution in [0.15, 0.2) is 85.1 Å². The highest BCUT2D eigenvalue weighted by atomic mass is 16.6. The van der Waals surface area contributed by atoms with E-state index in [0.29, 0.717) is 19.4 Å². The Morgan fingerprint density at radius 1 is 0.311 bits per heavy atom. The van der Waals surface area contributed by atoms with E-state index in [2.05, 4.69) is 106 Å². The Morgan fingerprint density at radius 2 is 0.608 bits per heavy atom. The van der Waals surface area contributed by atoms with Gasteiger partial charge in [-0.05, 0) is 96.3 Å². The molecule has 5 nitrogen and oxygen atoms in total. The van der Waals surface area contributed by atoms with Crippen LogP contribution in [0.4, 0.5) is 0 Å². The van der Waals surface area contributed by atoms with Gasteiger partial charge in [-0.3, -0.25) is 9.59 Å². The molecule has 0 N–H and O–H groups in total. The first-order valence-electron chi connectivity index (χ1n) is 32.1. The van der Waals surface area contributed by atoms with E-state index in [4.69, 9.17) is 14.2 Å². The highest BCUT2D eigenvalue weighted by Gasteiger charge is 2.17. The Hall–Kier alpha value is -2.92. The predicted octanol–water partition coefficient (Wildman–Crippen LogP) is 22.4.